The number of pyridine rings is 1. The number of aryl methyl sites for hydroxylation is 2. The third-order valence-electron chi connectivity index (χ3n) is 2.53. The monoisotopic (exact) mass is 248 g/mol. The molecule has 0 fully saturated rings. The van der Waals surface area contributed by atoms with Crippen molar-refractivity contribution >= 4 is 5.97 Å². The Kier molecular flexibility index (Phi) is 3.27. The van der Waals surface area contributed by atoms with Crippen molar-refractivity contribution in [1.29, 1.82) is 0 Å². The maximum absolute atomic E-state index is 10.9. The van der Waals surface area contributed by atoms with E-state index in [1.165, 1.54) is 6.20 Å². The predicted molar refractivity (Wildman–Crippen MR) is 61.5 cm³/mol. The highest BCUT2D eigenvalue weighted by molar-refractivity contribution is 5.88. The molecule has 0 saturated heterocycles. The molecular formula is C12H12N2O4. The van der Waals surface area contributed by atoms with Gasteiger partial charge in [0.1, 0.15) is 12.4 Å². The van der Waals surface area contributed by atoms with Gasteiger partial charge in [-0.2, -0.15) is 0 Å². The number of hydrogen-bond acceptors (Lipinski definition) is 5. The average Bonchev–Trinajstić information content (AvgIpc) is 2.67. The summed E-state index contributed by atoms with van der Waals surface area (Å²) in [5.74, 6) is -0.234. The van der Waals surface area contributed by atoms with E-state index in [4.69, 9.17) is 14.4 Å². The normalized spacial score (nSPS) is 10.3. The van der Waals surface area contributed by atoms with Crippen LogP contribution in [0.2, 0.25) is 0 Å². The molecule has 0 aliphatic carbocycles. The van der Waals surface area contributed by atoms with Crippen molar-refractivity contribution in [2.24, 2.45) is 0 Å². The fourth-order valence-corrected chi connectivity index (χ4v) is 1.53. The van der Waals surface area contributed by atoms with Crippen LogP contribution in [0.3, 0.4) is 0 Å². The second-order valence-corrected chi connectivity index (χ2v) is 3.75. The Bertz CT molecular complexity index is 558. The molecule has 0 aliphatic heterocycles. The van der Waals surface area contributed by atoms with Crippen LogP contribution in [-0.4, -0.2) is 21.2 Å². The Balaban J connectivity index is 2.18. The van der Waals surface area contributed by atoms with Gasteiger partial charge in [0.25, 0.3) is 0 Å². The first-order valence-corrected chi connectivity index (χ1v) is 5.32. The summed E-state index contributed by atoms with van der Waals surface area (Å²) in [7, 11) is 0. The molecule has 2 heterocycles. The lowest BCUT2D eigenvalue weighted by Crippen LogP contribution is -2.06. The molecule has 0 atom stereocenters. The number of hydrogen-bond donors (Lipinski definition) is 1. The molecule has 94 valence electrons. The first-order valence-electron chi connectivity index (χ1n) is 5.32. The Morgan fingerprint density at radius 3 is 2.89 bits per heavy atom. The van der Waals surface area contributed by atoms with Gasteiger partial charge in [0.05, 0.1) is 11.3 Å². The first-order chi connectivity index (χ1) is 8.59. The van der Waals surface area contributed by atoms with E-state index < -0.39 is 5.97 Å². The maximum atomic E-state index is 10.9. The number of carboxylic acid groups (broad SMARTS) is 1. The number of carboxylic acids is 1. The van der Waals surface area contributed by atoms with Crippen molar-refractivity contribution in [3.63, 3.8) is 0 Å². The number of nitrogens with zero attached hydrogens (tertiary/aromatic N) is 2. The molecule has 0 saturated carbocycles. The third-order valence-corrected chi connectivity index (χ3v) is 2.53. The lowest BCUT2D eigenvalue weighted by atomic mass is 10.2. The minimum absolute atomic E-state index is 0.107. The van der Waals surface area contributed by atoms with E-state index in [0.29, 0.717) is 5.76 Å². The number of carbonyl (C=O) groups is 1. The molecule has 0 unspecified atom stereocenters. The van der Waals surface area contributed by atoms with Crippen LogP contribution in [0.4, 0.5) is 0 Å². The van der Waals surface area contributed by atoms with Crippen molar-refractivity contribution in [2.45, 2.75) is 20.5 Å². The van der Waals surface area contributed by atoms with Gasteiger partial charge >= 0.3 is 5.97 Å². The Labute approximate surface area is 103 Å². The second kappa shape index (κ2) is 4.87. The summed E-state index contributed by atoms with van der Waals surface area (Å²) in [6.45, 7) is 3.78. The van der Waals surface area contributed by atoms with Crippen molar-refractivity contribution in [3.8, 4) is 5.75 Å². The average molecular weight is 248 g/mol. The van der Waals surface area contributed by atoms with E-state index in [1.807, 2.05) is 0 Å². The number of rotatable bonds is 4. The van der Waals surface area contributed by atoms with Crippen molar-refractivity contribution in [2.75, 3.05) is 0 Å². The fourth-order valence-electron chi connectivity index (χ4n) is 1.53. The van der Waals surface area contributed by atoms with Gasteiger partial charge in [-0.15, -0.1) is 0 Å². The van der Waals surface area contributed by atoms with Gasteiger partial charge in [-0.3, -0.25) is 0 Å². The van der Waals surface area contributed by atoms with E-state index in [9.17, 15) is 4.79 Å². The van der Waals surface area contributed by atoms with Crippen LogP contribution in [-0.2, 0) is 6.61 Å². The van der Waals surface area contributed by atoms with E-state index in [1.54, 1.807) is 26.0 Å². The second-order valence-electron chi connectivity index (χ2n) is 3.75. The molecule has 6 nitrogen and oxygen atoms in total. The molecule has 0 spiro atoms. The summed E-state index contributed by atoms with van der Waals surface area (Å²) in [6, 6.07) is 3.18. The van der Waals surface area contributed by atoms with Crippen LogP contribution < -0.4 is 4.74 Å². The molecule has 1 N–H and O–H groups in total. The topological polar surface area (TPSA) is 85.5 Å². The summed E-state index contributed by atoms with van der Waals surface area (Å²) < 4.78 is 10.5. The van der Waals surface area contributed by atoms with Gasteiger partial charge in [-0.1, -0.05) is 5.16 Å². The van der Waals surface area contributed by atoms with Crippen LogP contribution in [0.25, 0.3) is 0 Å². The molecule has 2 aromatic heterocycles. The molecule has 6 heteroatoms. The van der Waals surface area contributed by atoms with Gasteiger partial charge in [0, 0.05) is 6.20 Å². The largest absolute Gasteiger partial charge is 0.486 e. The van der Waals surface area contributed by atoms with E-state index in [0.717, 1.165) is 11.3 Å². The molecule has 0 aliphatic rings. The smallest absolute Gasteiger partial charge is 0.358 e. The number of aromatic nitrogens is 2. The van der Waals surface area contributed by atoms with Crippen LogP contribution in [0.15, 0.2) is 22.9 Å². The molecule has 0 amide bonds. The molecule has 18 heavy (non-hydrogen) atoms. The van der Waals surface area contributed by atoms with Crippen LogP contribution in [0, 0.1) is 13.8 Å². The van der Waals surface area contributed by atoms with Gasteiger partial charge < -0.3 is 14.4 Å². The molecule has 2 rings (SSSR count). The van der Waals surface area contributed by atoms with Crippen LogP contribution in [0.1, 0.15) is 27.5 Å². The van der Waals surface area contributed by atoms with E-state index >= 15 is 0 Å². The summed E-state index contributed by atoms with van der Waals surface area (Å²) in [6.07, 6.45) is 1.41. The van der Waals surface area contributed by atoms with E-state index in [2.05, 4.69) is 10.1 Å². The maximum Gasteiger partial charge on any atom is 0.358 e. The highest BCUT2D eigenvalue weighted by Gasteiger charge is 2.14. The van der Waals surface area contributed by atoms with Gasteiger partial charge in [-0.25, -0.2) is 9.78 Å². The summed E-state index contributed by atoms with van der Waals surface area (Å²) in [5, 5.41) is 12.8. The highest BCUT2D eigenvalue weighted by atomic mass is 16.5. The summed E-state index contributed by atoms with van der Waals surface area (Å²) >= 11 is 0. The summed E-state index contributed by atoms with van der Waals surface area (Å²) in [5.41, 5.74) is 1.44. The zero-order chi connectivity index (χ0) is 13.1. The zero-order valence-electron chi connectivity index (χ0n) is 10.0. The van der Waals surface area contributed by atoms with Gasteiger partial charge in [0.2, 0.25) is 0 Å². The van der Waals surface area contributed by atoms with Crippen LogP contribution in [0.5, 0.6) is 5.75 Å². The third kappa shape index (κ3) is 2.32. The fraction of sp³-hybridized carbons (Fsp3) is 0.250. The van der Waals surface area contributed by atoms with Crippen molar-refractivity contribution in [3.05, 3.63) is 41.0 Å². The lowest BCUT2D eigenvalue weighted by Gasteiger charge is -2.07. The quantitative estimate of drug-likeness (QED) is 0.890. The number of aromatic carboxylic acids is 1. The van der Waals surface area contributed by atoms with Gasteiger partial charge in [0.15, 0.2) is 11.4 Å². The highest BCUT2D eigenvalue weighted by Crippen LogP contribution is 2.19. The minimum Gasteiger partial charge on any atom is -0.486 e. The van der Waals surface area contributed by atoms with Crippen molar-refractivity contribution in [1.82, 2.24) is 10.1 Å². The Hall–Kier alpha value is -2.37. The molecule has 0 bridgehead atoms. The lowest BCUT2D eigenvalue weighted by molar-refractivity contribution is 0.0685. The SMILES string of the molecule is Cc1noc(C)c1COc1cccnc1C(=O)O. The Morgan fingerprint density at radius 1 is 1.50 bits per heavy atom. The van der Waals surface area contributed by atoms with Crippen LogP contribution >= 0.6 is 0 Å². The molecule has 2 aromatic rings. The predicted octanol–water partition coefficient (Wildman–Crippen LogP) is 1.96. The first kappa shape index (κ1) is 12.1. The zero-order valence-corrected chi connectivity index (χ0v) is 10.0. The Morgan fingerprint density at radius 2 is 2.28 bits per heavy atom. The summed E-state index contributed by atoms with van der Waals surface area (Å²) in [4.78, 5) is 14.7. The van der Waals surface area contributed by atoms with Gasteiger partial charge in [-0.05, 0) is 26.0 Å². The van der Waals surface area contributed by atoms with E-state index in [-0.39, 0.29) is 18.1 Å². The molecule has 0 aromatic carbocycles. The standard InChI is InChI=1S/C12H12N2O4/c1-7-9(8(2)18-14-7)6-17-10-4-3-5-13-11(10)12(15)16/h3-5H,6H2,1-2H3,(H,15,16). The molecular weight excluding hydrogens is 236 g/mol. The number of ether oxygens (including phenoxy) is 1. The van der Waals surface area contributed by atoms with Crippen molar-refractivity contribution < 1.29 is 19.2 Å². The minimum atomic E-state index is -1.12. The molecule has 0 radical (unpaired) electrons.